The minimum atomic E-state index is 0.692. The monoisotopic (exact) mass is 257 g/mol. The van der Waals surface area contributed by atoms with E-state index in [4.69, 9.17) is 0 Å². The number of hydrogen-bond acceptors (Lipinski definition) is 2. The van der Waals surface area contributed by atoms with Crippen LogP contribution in [0.15, 0.2) is 30.5 Å². The first kappa shape index (κ1) is 13.8. The molecule has 0 amide bonds. The van der Waals surface area contributed by atoms with Gasteiger partial charge in [-0.15, -0.1) is 0 Å². The van der Waals surface area contributed by atoms with Crippen LogP contribution in [0.2, 0.25) is 0 Å². The standard InChI is InChI=1S/C16H23N3/c1-12(2)8-14-6-4-5-7-15(14)9-17-10-16-11-18-19-13(16)3/h4-7,11-12,17H,8-10H2,1-3H3,(H,18,19). The summed E-state index contributed by atoms with van der Waals surface area (Å²) < 4.78 is 0. The van der Waals surface area contributed by atoms with Gasteiger partial charge in [0.05, 0.1) is 6.20 Å². The molecule has 0 saturated carbocycles. The zero-order valence-electron chi connectivity index (χ0n) is 12.0. The number of H-pyrrole nitrogens is 1. The zero-order chi connectivity index (χ0) is 13.7. The number of aromatic amines is 1. The Morgan fingerprint density at radius 2 is 1.79 bits per heavy atom. The Balaban J connectivity index is 1.94. The van der Waals surface area contributed by atoms with Gasteiger partial charge in [0.25, 0.3) is 0 Å². The summed E-state index contributed by atoms with van der Waals surface area (Å²) in [5.41, 5.74) is 5.23. The largest absolute Gasteiger partial charge is 0.308 e. The predicted molar refractivity (Wildman–Crippen MR) is 78.9 cm³/mol. The van der Waals surface area contributed by atoms with Crippen LogP contribution in [0.5, 0.6) is 0 Å². The van der Waals surface area contributed by atoms with E-state index in [-0.39, 0.29) is 0 Å². The summed E-state index contributed by atoms with van der Waals surface area (Å²) in [4.78, 5) is 0. The van der Waals surface area contributed by atoms with Crippen molar-refractivity contribution in [2.24, 2.45) is 5.92 Å². The number of hydrogen-bond donors (Lipinski definition) is 2. The van der Waals surface area contributed by atoms with Crippen molar-refractivity contribution in [3.05, 3.63) is 52.8 Å². The van der Waals surface area contributed by atoms with Crippen LogP contribution in [0.4, 0.5) is 0 Å². The fraction of sp³-hybridized carbons (Fsp3) is 0.438. The van der Waals surface area contributed by atoms with E-state index in [1.807, 2.05) is 6.20 Å². The molecule has 1 heterocycles. The SMILES string of the molecule is Cc1[nH]ncc1CNCc1ccccc1CC(C)C. The van der Waals surface area contributed by atoms with Crippen molar-refractivity contribution >= 4 is 0 Å². The van der Waals surface area contributed by atoms with Gasteiger partial charge in [0, 0.05) is 24.3 Å². The molecule has 2 N–H and O–H groups in total. The summed E-state index contributed by atoms with van der Waals surface area (Å²) in [7, 11) is 0. The highest BCUT2D eigenvalue weighted by atomic mass is 15.1. The molecule has 2 aromatic rings. The van der Waals surface area contributed by atoms with Crippen molar-refractivity contribution in [3.63, 3.8) is 0 Å². The van der Waals surface area contributed by atoms with E-state index in [2.05, 4.69) is 60.6 Å². The molecule has 0 aliphatic rings. The Morgan fingerprint density at radius 3 is 2.42 bits per heavy atom. The van der Waals surface area contributed by atoms with Gasteiger partial charge in [-0.3, -0.25) is 5.10 Å². The molecule has 0 spiro atoms. The van der Waals surface area contributed by atoms with E-state index in [0.717, 1.165) is 25.2 Å². The van der Waals surface area contributed by atoms with Crippen LogP contribution < -0.4 is 5.32 Å². The maximum absolute atomic E-state index is 4.04. The summed E-state index contributed by atoms with van der Waals surface area (Å²) in [5.74, 6) is 0.692. The molecule has 19 heavy (non-hydrogen) atoms. The molecule has 0 aliphatic heterocycles. The number of rotatable bonds is 6. The predicted octanol–water partition coefficient (Wildman–Crippen LogP) is 3.21. The molecule has 0 radical (unpaired) electrons. The van der Waals surface area contributed by atoms with Crippen molar-refractivity contribution in [1.29, 1.82) is 0 Å². The summed E-state index contributed by atoms with van der Waals surface area (Å²) in [6.07, 6.45) is 3.03. The molecule has 0 fully saturated rings. The van der Waals surface area contributed by atoms with E-state index in [0.29, 0.717) is 5.92 Å². The summed E-state index contributed by atoms with van der Waals surface area (Å²) in [6.45, 7) is 8.35. The van der Waals surface area contributed by atoms with Gasteiger partial charge >= 0.3 is 0 Å². The van der Waals surface area contributed by atoms with Crippen LogP contribution in [0, 0.1) is 12.8 Å². The number of nitrogens with one attached hydrogen (secondary N) is 2. The van der Waals surface area contributed by atoms with Gasteiger partial charge < -0.3 is 5.32 Å². The molecule has 0 saturated heterocycles. The van der Waals surface area contributed by atoms with Crippen LogP contribution in [0.3, 0.4) is 0 Å². The highest BCUT2D eigenvalue weighted by Crippen LogP contribution is 2.14. The molecule has 1 aromatic carbocycles. The van der Waals surface area contributed by atoms with Crippen LogP contribution in [-0.2, 0) is 19.5 Å². The first-order valence-electron chi connectivity index (χ1n) is 6.93. The highest BCUT2D eigenvalue weighted by molar-refractivity contribution is 5.27. The second-order valence-corrected chi connectivity index (χ2v) is 5.49. The van der Waals surface area contributed by atoms with Gasteiger partial charge in [-0.2, -0.15) is 5.10 Å². The van der Waals surface area contributed by atoms with Crippen molar-refractivity contribution in [3.8, 4) is 0 Å². The third-order valence-electron chi connectivity index (χ3n) is 3.31. The maximum atomic E-state index is 4.04. The molecular weight excluding hydrogens is 234 g/mol. The van der Waals surface area contributed by atoms with Crippen molar-refractivity contribution in [2.75, 3.05) is 0 Å². The molecule has 1 aromatic heterocycles. The van der Waals surface area contributed by atoms with Gasteiger partial charge in [-0.05, 0) is 30.4 Å². The van der Waals surface area contributed by atoms with Gasteiger partial charge in [-0.25, -0.2) is 0 Å². The molecule has 3 heteroatoms. The first-order valence-corrected chi connectivity index (χ1v) is 6.93. The topological polar surface area (TPSA) is 40.7 Å². The summed E-state index contributed by atoms with van der Waals surface area (Å²) in [5, 5.41) is 10.5. The van der Waals surface area contributed by atoms with Crippen molar-refractivity contribution < 1.29 is 0 Å². The van der Waals surface area contributed by atoms with Gasteiger partial charge in [0.1, 0.15) is 0 Å². The first-order chi connectivity index (χ1) is 9.16. The molecule has 2 rings (SSSR count). The Kier molecular flexibility index (Phi) is 4.74. The lowest BCUT2D eigenvalue weighted by Crippen LogP contribution is -2.14. The molecular formula is C16H23N3. The van der Waals surface area contributed by atoms with E-state index in [1.165, 1.54) is 16.7 Å². The highest BCUT2D eigenvalue weighted by Gasteiger charge is 2.05. The number of aryl methyl sites for hydroxylation is 1. The average molecular weight is 257 g/mol. The van der Waals surface area contributed by atoms with Crippen LogP contribution >= 0.6 is 0 Å². The molecule has 0 unspecified atom stereocenters. The van der Waals surface area contributed by atoms with E-state index < -0.39 is 0 Å². The summed E-state index contributed by atoms with van der Waals surface area (Å²) >= 11 is 0. The number of benzene rings is 1. The van der Waals surface area contributed by atoms with E-state index in [1.54, 1.807) is 0 Å². The zero-order valence-corrected chi connectivity index (χ0v) is 12.0. The fourth-order valence-corrected chi connectivity index (χ4v) is 2.25. The van der Waals surface area contributed by atoms with Gasteiger partial charge in [0.2, 0.25) is 0 Å². The van der Waals surface area contributed by atoms with E-state index >= 15 is 0 Å². The van der Waals surface area contributed by atoms with Crippen molar-refractivity contribution in [1.82, 2.24) is 15.5 Å². The Morgan fingerprint density at radius 1 is 1.11 bits per heavy atom. The third-order valence-corrected chi connectivity index (χ3v) is 3.31. The second kappa shape index (κ2) is 6.53. The molecule has 0 bridgehead atoms. The Bertz CT molecular complexity index is 514. The van der Waals surface area contributed by atoms with Crippen LogP contribution in [-0.4, -0.2) is 10.2 Å². The quantitative estimate of drug-likeness (QED) is 0.834. The lowest BCUT2D eigenvalue weighted by atomic mass is 9.98. The normalized spacial score (nSPS) is 11.2. The Hall–Kier alpha value is -1.61. The molecule has 0 atom stereocenters. The minimum absolute atomic E-state index is 0.692. The lowest BCUT2D eigenvalue weighted by Gasteiger charge is -2.12. The second-order valence-electron chi connectivity index (χ2n) is 5.49. The number of nitrogens with zero attached hydrogens (tertiary/aromatic N) is 1. The maximum Gasteiger partial charge on any atom is 0.0535 e. The van der Waals surface area contributed by atoms with Crippen LogP contribution in [0.25, 0.3) is 0 Å². The Labute approximate surface area is 115 Å². The molecule has 102 valence electrons. The third kappa shape index (κ3) is 3.93. The number of aromatic nitrogens is 2. The smallest absolute Gasteiger partial charge is 0.0535 e. The van der Waals surface area contributed by atoms with Gasteiger partial charge in [-0.1, -0.05) is 38.1 Å². The van der Waals surface area contributed by atoms with Crippen LogP contribution in [0.1, 0.15) is 36.2 Å². The average Bonchev–Trinajstić information content (AvgIpc) is 2.77. The lowest BCUT2D eigenvalue weighted by molar-refractivity contribution is 0.630. The fourth-order valence-electron chi connectivity index (χ4n) is 2.25. The van der Waals surface area contributed by atoms with Gasteiger partial charge in [0.15, 0.2) is 0 Å². The van der Waals surface area contributed by atoms with E-state index in [9.17, 15) is 0 Å². The summed E-state index contributed by atoms with van der Waals surface area (Å²) in [6, 6.07) is 8.69. The van der Waals surface area contributed by atoms with Crippen molar-refractivity contribution in [2.45, 2.75) is 40.3 Å². The molecule has 3 nitrogen and oxygen atoms in total. The minimum Gasteiger partial charge on any atom is -0.308 e. The molecule has 0 aliphatic carbocycles.